The number of aromatic amines is 1. The van der Waals surface area contributed by atoms with Gasteiger partial charge in [0, 0.05) is 44.8 Å². The van der Waals surface area contributed by atoms with E-state index in [2.05, 4.69) is 48.9 Å². The van der Waals surface area contributed by atoms with E-state index in [1.54, 1.807) is 13.8 Å². The minimum absolute atomic E-state index is 0.147. The van der Waals surface area contributed by atoms with Gasteiger partial charge in [0.05, 0.1) is 6.04 Å². The topological polar surface area (TPSA) is 19.0 Å². The molecule has 2 atom stereocenters. The second-order valence-electron chi connectivity index (χ2n) is 9.46. The van der Waals surface area contributed by atoms with E-state index in [0.717, 1.165) is 28.8 Å². The zero-order valence-corrected chi connectivity index (χ0v) is 19.7. The highest BCUT2D eigenvalue weighted by atomic mass is 35.5. The summed E-state index contributed by atoms with van der Waals surface area (Å²) in [6, 6.07) is 12.3. The van der Waals surface area contributed by atoms with Gasteiger partial charge in [0.25, 0.3) is 0 Å². The molecule has 0 aliphatic carbocycles. The Morgan fingerprint density at radius 1 is 1.17 bits per heavy atom. The van der Waals surface area contributed by atoms with Crippen LogP contribution in [0.25, 0.3) is 10.9 Å². The molecule has 3 aromatic rings. The van der Waals surface area contributed by atoms with Crippen molar-refractivity contribution < 1.29 is 4.39 Å². The van der Waals surface area contributed by atoms with Crippen molar-refractivity contribution in [1.29, 1.82) is 0 Å². The number of benzene rings is 2. The van der Waals surface area contributed by atoms with Crippen LogP contribution in [0.2, 0.25) is 10.0 Å². The van der Waals surface area contributed by atoms with Crippen molar-refractivity contribution in [3.63, 3.8) is 0 Å². The van der Waals surface area contributed by atoms with Crippen LogP contribution < -0.4 is 0 Å². The molecule has 0 spiro atoms. The number of nitrogens with zero attached hydrogens (tertiary/aromatic N) is 1. The van der Waals surface area contributed by atoms with E-state index in [1.807, 2.05) is 18.2 Å². The average molecular weight is 447 g/mol. The second kappa shape index (κ2) is 7.85. The highest BCUT2D eigenvalue weighted by molar-refractivity contribution is 6.36. The molecule has 160 valence electrons. The van der Waals surface area contributed by atoms with Crippen molar-refractivity contribution in [2.45, 2.75) is 64.7 Å². The normalized spacial score (nSPS) is 20.2. The largest absolute Gasteiger partial charge is 0.357 e. The Morgan fingerprint density at radius 2 is 1.80 bits per heavy atom. The third kappa shape index (κ3) is 3.88. The van der Waals surface area contributed by atoms with Crippen LogP contribution in [0.5, 0.6) is 0 Å². The van der Waals surface area contributed by atoms with Gasteiger partial charge in [0.15, 0.2) is 0 Å². The fourth-order valence-corrected chi connectivity index (χ4v) is 5.41. The lowest BCUT2D eigenvalue weighted by Crippen LogP contribution is -2.48. The van der Waals surface area contributed by atoms with E-state index < -0.39 is 5.67 Å². The number of halogens is 3. The summed E-state index contributed by atoms with van der Waals surface area (Å²) in [4.78, 5) is 5.82. The molecule has 2 unspecified atom stereocenters. The molecule has 2 nitrogen and oxygen atoms in total. The lowest BCUT2D eigenvalue weighted by Gasteiger charge is -2.43. The fourth-order valence-electron chi connectivity index (χ4n) is 4.70. The van der Waals surface area contributed by atoms with Gasteiger partial charge < -0.3 is 4.98 Å². The lowest BCUT2D eigenvalue weighted by atomic mass is 9.87. The number of nitrogens with one attached hydrogen (secondary N) is 1. The van der Waals surface area contributed by atoms with Crippen molar-refractivity contribution in [1.82, 2.24) is 9.88 Å². The third-order valence-corrected chi connectivity index (χ3v) is 6.74. The molecule has 0 saturated heterocycles. The van der Waals surface area contributed by atoms with E-state index in [4.69, 9.17) is 23.2 Å². The third-order valence-electron chi connectivity index (χ3n) is 6.12. The van der Waals surface area contributed by atoms with E-state index in [1.165, 1.54) is 10.9 Å². The summed E-state index contributed by atoms with van der Waals surface area (Å²) in [5, 5.41) is 2.49. The predicted octanol–water partition coefficient (Wildman–Crippen LogP) is 7.68. The second-order valence-corrected chi connectivity index (χ2v) is 10.3. The quantitative estimate of drug-likeness (QED) is 0.435. The summed E-state index contributed by atoms with van der Waals surface area (Å²) in [7, 11) is 0. The number of fused-ring (bicyclic) bond motifs is 3. The summed E-state index contributed by atoms with van der Waals surface area (Å²) in [6.07, 6.45) is 0.852. The van der Waals surface area contributed by atoms with E-state index in [-0.39, 0.29) is 12.1 Å². The van der Waals surface area contributed by atoms with Gasteiger partial charge in [-0.05, 0) is 62.4 Å². The van der Waals surface area contributed by atoms with Gasteiger partial charge in [-0.1, -0.05) is 55.2 Å². The first-order chi connectivity index (χ1) is 14.1. The molecule has 1 N–H and O–H groups in total. The molecule has 0 bridgehead atoms. The Labute approximate surface area is 188 Å². The number of hydrogen-bond acceptors (Lipinski definition) is 1. The van der Waals surface area contributed by atoms with E-state index in [9.17, 15) is 4.39 Å². The molecule has 2 aromatic carbocycles. The first-order valence-electron chi connectivity index (χ1n) is 10.6. The molecule has 2 heterocycles. The van der Waals surface area contributed by atoms with Crippen LogP contribution in [-0.4, -0.2) is 28.1 Å². The minimum Gasteiger partial charge on any atom is -0.357 e. The summed E-state index contributed by atoms with van der Waals surface area (Å²) >= 11 is 13.7. The molecule has 5 heteroatoms. The van der Waals surface area contributed by atoms with Gasteiger partial charge in [-0.15, -0.1) is 0 Å². The van der Waals surface area contributed by atoms with Crippen molar-refractivity contribution in [2.75, 3.05) is 6.54 Å². The Balaban J connectivity index is 1.96. The van der Waals surface area contributed by atoms with Gasteiger partial charge in [0.1, 0.15) is 5.67 Å². The number of alkyl halides is 1. The van der Waals surface area contributed by atoms with Gasteiger partial charge >= 0.3 is 0 Å². The summed E-state index contributed by atoms with van der Waals surface area (Å²) in [5.74, 6) is 0.323. The number of aromatic nitrogens is 1. The first-order valence-corrected chi connectivity index (χ1v) is 11.4. The van der Waals surface area contributed by atoms with Crippen molar-refractivity contribution in [3.8, 4) is 0 Å². The zero-order chi connectivity index (χ0) is 21.8. The zero-order valence-electron chi connectivity index (χ0n) is 18.2. The molecule has 1 aliphatic rings. The van der Waals surface area contributed by atoms with E-state index in [0.29, 0.717) is 22.5 Å². The smallest absolute Gasteiger partial charge is 0.118 e. The molecular weight excluding hydrogens is 418 g/mol. The Bertz CT molecular complexity index is 1060. The van der Waals surface area contributed by atoms with E-state index >= 15 is 0 Å². The molecule has 0 radical (unpaired) electrons. The molecule has 4 rings (SSSR count). The number of rotatable bonds is 4. The molecule has 1 aliphatic heterocycles. The number of H-pyrrole nitrogens is 1. The highest BCUT2D eigenvalue weighted by Crippen LogP contribution is 2.46. The van der Waals surface area contributed by atoms with Gasteiger partial charge in [-0.25, -0.2) is 4.39 Å². The SMILES string of the molecule is CC(C)c1cc(Cl)c(C2c3[nH]c4ccccc4c3CC(C)N2CC(C)(C)F)c(Cl)c1. The summed E-state index contributed by atoms with van der Waals surface area (Å²) in [6.45, 7) is 9.96. The van der Waals surface area contributed by atoms with Gasteiger partial charge in [-0.3, -0.25) is 4.90 Å². The molecule has 30 heavy (non-hydrogen) atoms. The van der Waals surface area contributed by atoms with Crippen LogP contribution in [0.4, 0.5) is 4.39 Å². The van der Waals surface area contributed by atoms with Gasteiger partial charge in [0.2, 0.25) is 0 Å². The Hall–Kier alpha value is -1.55. The van der Waals surface area contributed by atoms with Crippen LogP contribution in [0.15, 0.2) is 36.4 Å². The standard InChI is InChI=1S/C25H29Cl2FN2/c1-14(2)16-11-19(26)22(20(27)12-16)24-23-18(17-8-6-7-9-21(17)29-23)10-15(3)30(24)13-25(4,5)28/h6-9,11-12,14-15,24,29H,10,13H2,1-5H3. The fraction of sp³-hybridized carbons (Fsp3) is 0.440. The molecule has 0 saturated carbocycles. The summed E-state index contributed by atoms with van der Waals surface area (Å²) in [5.41, 5.74) is 4.05. The molecule has 1 aromatic heterocycles. The van der Waals surface area contributed by atoms with Crippen LogP contribution in [0, 0.1) is 0 Å². The lowest BCUT2D eigenvalue weighted by molar-refractivity contribution is 0.0668. The van der Waals surface area contributed by atoms with Crippen LogP contribution in [0.1, 0.15) is 69.0 Å². The van der Waals surface area contributed by atoms with Crippen molar-refractivity contribution in [3.05, 3.63) is 68.8 Å². The summed E-state index contributed by atoms with van der Waals surface area (Å²) < 4.78 is 14.9. The highest BCUT2D eigenvalue weighted by Gasteiger charge is 2.40. The van der Waals surface area contributed by atoms with Crippen LogP contribution in [-0.2, 0) is 6.42 Å². The number of para-hydroxylation sites is 1. The predicted molar refractivity (Wildman–Crippen MR) is 126 cm³/mol. The molecular formula is C25H29Cl2FN2. The molecule has 0 fully saturated rings. The van der Waals surface area contributed by atoms with Gasteiger partial charge in [-0.2, -0.15) is 0 Å². The monoisotopic (exact) mass is 446 g/mol. The van der Waals surface area contributed by atoms with Crippen molar-refractivity contribution in [2.24, 2.45) is 0 Å². The first kappa shape index (κ1) is 21.7. The maximum atomic E-state index is 14.9. The van der Waals surface area contributed by atoms with Crippen molar-refractivity contribution >= 4 is 34.1 Å². The Morgan fingerprint density at radius 3 is 2.40 bits per heavy atom. The maximum absolute atomic E-state index is 14.9. The minimum atomic E-state index is -1.34. The van der Waals surface area contributed by atoms with Crippen LogP contribution >= 0.6 is 23.2 Å². The average Bonchev–Trinajstić information content (AvgIpc) is 3.00. The number of hydrogen-bond donors (Lipinski definition) is 1. The van der Waals surface area contributed by atoms with Crippen LogP contribution in [0.3, 0.4) is 0 Å². The maximum Gasteiger partial charge on any atom is 0.118 e. The Kier molecular flexibility index (Phi) is 5.67. The molecule has 0 amide bonds.